The molecule has 0 radical (unpaired) electrons. The van der Waals surface area contributed by atoms with E-state index in [0.717, 1.165) is 24.4 Å². The first kappa shape index (κ1) is 12.8. The van der Waals surface area contributed by atoms with Crippen LogP contribution in [0.2, 0.25) is 0 Å². The summed E-state index contributed by atoms with van der Waals surface area (Å²) in [6.07, 6.45) is 3.12. The first-order valence-electron chi connectivity index (χ1n) is 7.02. The summed E-state index contributed by atoms with van der Waals surface area (Å²) in [7, 11) is 1.70. The predicted molar refractivity (Wildman–Crippen MR) is 75.7 cm³/mol. The maximum atomic E-state index is 6.14. The smallest absolute Gasteiger partial charge is 0.125 e. The average Bonchev–Trinajstić information content (AvgIpc) is 2.76. The lowest BCUT2D eigenvalue weighted by atomic mass is 10.0. The van der Waals surface area contributed by atoms with E-state index in [9.17, 15) is 0 Å². The molecular weight excluding hydrogens is 240 g/mol. The van der Waals surface area contributed by atoms with Crippen molar-refractivity contribution in [1.29, 1.82) is 0 Å². The summed E-state index contributed by atoms with van der Waals surface area (Å²) in [6.45, 7) is 3.93. The lowest BCUT2D eigenvalue weighted by Crippen LogP contribution is -2.43. The van der Waals surface area contributed by atoms with Crippen molar-refractivity contribution in [3.8, 4) is 5.75 Å². The zero-order chi connectivity index (χ0) is 13.4. The van der Waals surface area contributed by atoms with Crippen LogP contribution in [0.4, 0.5) is 5.69 Å². The van der Waals surface area contributed by atoms with Gasteiger partial charge in [0.1, 0.15) is 5.75 Å². The van der Waals surface area contributed by atoms with Crippen LogP contribution in [0.3, 0.4) is 0 Å². The molecule has 3 atom stereocenters. The number of methoxy groups -OCH3 is 1. The van der Waals surface area contributed by atoms with E-state index in [0.29, 0.717) is 12.2 Å². The largest absolute Gasteiger partial charge is 0.496 e. The molecule has 4 heteroatoms. The second-order valence-corrected chi connectivity index (χ2v) is 5.54. The van der Waals surface area contributed by atoms with Gasteiger partial charge in [0, 0.05) is 30.4 Å². The van der Waals surface area contributed by atoms with E-state index in [2.05, 4.69) is 11.0 Å². The summed E-state index contributed by atoms with van der Waals surface area (Å²) in [4.78, 5) is 2.41. The summed E-state index contributed by atoms with van der Waals surface area (Å²) in [5.41, 5.74) is 8.45. The number of nitrogens with two attached hydrogens (primary N) is 1. The van der Waals surface area contributed by atoms with E-state index in [1.54, 1.807) is 7.11 Å². The number of hydrogen-bond acceptors (Lipinski definition) is 4. The third kappa shape index (κ3) is 2.30. The van der Waals surface area contributed by atoms with Crippen LogP contribution in [-0.4, -0.2) is 32.4 Å². The van der Waals surface area contributed by atoms with E-state index in [-0.39, 0.29) is 6.04 Å². The van der Waals surface area contributed by atoms with Gasteiger partial charge < -0.3 is 20.1 Å². The van der Waals surface area contributed by atoms with Gasteiger partial charge >= 0.3 is 0 Å². The molecule has 2 aliphatic heterocycles. The quantitative estimate of drug-likeness (QED) is 0.906. The van der Waals surface area contributed by atoms with Crippen molar-refractivity contribution in [2.75, 3.05) is 25.1 Å². The second kappa shape index (κ2) is 5.02. The van der Waals surface area contributed by atoms with Gasteiger partial charge in [-0.1, -0.05) is 6.07 Å². The Morgan fingerprint density at radius 3 is 2.58 bits per heavy atom. The fraction of sp³-hybridized carbons (Fsp3) is 0.600. The molecule has 19 heavy (non-hydrogen) atoms. The van der Waals surface area contributed by atoms with Gasteiger partial charge in [-0.05, 0) is 31.9 Å². The molecule has 0 saturated carbocycles. The van der Waals surface area contributed by atoms with Crippen molar-refractivity contribution in [2.24, 2.45) is 5.73 Å². The molecule has 0 amide bonds. The highest BCUT2D eigenvalue weighted by atomic mass is 16.5. The van der Waals surface area contributed by atoms with Crippen molar-refractivity contribution in [3.05, 3.63) is 23.8 Å². The number of benzene rings is 1. The molecule has 4 nitrogen and oxygen atoms in total. The number of hydrogen-bond donors (Lipinski definition) is 1. The van der Waals surface area contributed by atoms with E-state index < -0.39 is 0 Å². The van der Waals surface area contributed by atoms with Crippen LogP contribution in [0.1, 0.15) is 31.4 Å². The third-order valence-electron chi connectivity index (χ3n) is 4.10. The van der Waals surface area contributed by atoms with Crippen LogP contribution >= 0.6 is 0 Å². The molecule has 1 aromatic carbocycles. The molecule has 2 aliphatic rings. The summed E-state index contributed by atoms with van der Waals surface area (Å²) in [6, 6.07) is 6.13. The van der Waals surface area contributed by atoms with Gasteiger partial charge in [-0.15, -0.1) is 0 Å². The molecule has 0 aliphatic carbocycles. The minimum absolute atomic E-state index is 0.0355. The normalized spacial score (nSPS) is 27.4. The van der Waals surface area contributed by atoms with Gasteiger partial charge in [-0.25, -0.2) is 0 Å². The van der Waals surface area contributed by atoms with Gasteiger partial charge in [0.05, 0.1) is 19.3 Å². The van der Waals surface area contributed by atoms with E-state index >= 15 is 0 Å². The molecule has 2 N–H and O–H groups in total. The Morgan fingerprint density at radius 1 is 1.32 bits per heavy atom. The summed E-state index contributed by atoms with van der Waals surface area (Å²) >= 11 is 0. The molecular formula is C15H22N2O2. The number of rotatable bonds is 3. The Labute approximate surface area is 114 Å². The van der Waals surface area contributed by atoms with Crippen molar-refractivity contribution >= 4 is 5.69 Å². The maximum absolute atomic E-state index is 6.14. The first-order valence-corrected chi connectivity index (χ1v) is 7.02. The number of fused-ring (bicyclic) bond motifs is 2. The number of nitrogens with zero attached hydrogens (tertiary/aromatic N) is 1. The molecule has 2 bridgehead atoms. The minimum Gasteiger partial charge on any atom is -0.496 e. The topological polar surface area (TPSA) is 47.7 Å². The molecule has 2 unspecified atom stereocenters. The van der Waals surface area contributed by atoms with E-state index in [4.69, 9.17) is 15.2 Å². The monoisotopic (exact) mass is 262 g/mol. The summed E-state index contributed by atoms with van der Waals surface area (Å²) < 4.78 is 11.4. The Kier molecular flexibility index (Phi) is 3.37. The van der Waals surface area contributed by atoms with E-state index in [1.807, 2.05) is 19.1 Å². The summed E-state index contributed by atoms with van der Waals surface area (Å²) in [5, 5.41) is 0. The van der Waals surface area contributed by atoms with Gasteiger partial charge in [0.2, 0.25) is 0 Å². The van der Waals surface area contributed by atoms with E-state index in [1.165, 1.54) is 18.5 Å². The third-order valence-corrected chi connectivity index (χ3v) is 4.10. The van der Waals surface area contributed by atoms with Crippen molar-refractivity contribution in [3.63, 3.8) is 0 Å². The minimum atomic E-state index is -0.0355. The Balaban J connectivity index is 1.95. The molecule has 1 aromatic rings. The summed E-state index contributed by atoms with van der Waals surface area (Å²) in [5.74, 6) is 0.881. The van der Waals surface area contributed by atoms with Crippen molar-refractivity contribution < 1.29 is 9.47 Å². The standard InChI is InChI=1S/C15H22N2O2/c1-10(16)15-13(4-3-5-14(15)18-2)17-8-11-6-7-12(9-17)19-11/h3-5,10-12H,6-9,16H2,1-2H3/t10-,11?,12?/m1/s1. The maximum Gasteiger partial charge on any atom is 0.125 e. The SMILES string of the molecule is COc1cccc(N2CC3CCC(C2)O3)c1[C@@H](C)N. The first-order chi connectivity index (χ1) is 9.19. The van der Waals surface area contributed by atoms with Crippen LogP contribution in [0, 0.1) is 0 Å². The Hall–Kier alpha value is -1.26. The van der Waals surface area contributed by atoms with Crippen LogP contribution < -0.4 is 15.4 Å². The molecule has 104 valence electrons. The van der Waals surface area contributed by atoms with Crippen molar-refractivity contribution in [1.82, 2.24) is 0 Å². The fourth-order valence-electron chi connectivity index (χ4n) is 3.26. The van der Waals surface area contributed by atoms with Crippen LogP contribution in [-0.2, 0) is 4.74 Å². The number of morpholine rings is 1. The highest BCUT2D eigenvalue weighted by Gasteiger charge is 2.34. The predicted octanol–water partition coefficient (Wildman–Crippen LogP) is 2.08. The molecule has 2 fully saturated rings. The fourth-order valence-corrected chi connectivity index (χ4v) is 3.26. The molecule has 0 aromatic heterocycles. The van der Waals surface area contributed by atoms with Crippen LogP contribution in [0.15, 0.2) is 18.2 Å². The molecule has 3 rings (SSSR count). The van der Waals surface area contributed by atoms with Crippen LogP contribution in [0.25, 0.3) is 0 Å². The zero-order valence-electron chi connectivity index (χ0n) is 11.6. The Morgan fingerprint density at radius 2 is 2.00 bits per heavy atom. The highest BCUT2D eigenvalue weighted by Crippen LogP contribution is 2.37. The number of ether oxygens (including phenoxy) is 2. The lowest BCUT2D eigenvalue weighted by Gasteiger charge is -2.36. The van der Waals surface area contributed by atoms with Gasteiger partial charge in [-0.2, -0.15) is 0 Å². The molecule has 2 saturated heterocycles. The van der Waals surface area contributed by atoms with Crippen molar-refractivity contribution in [2.45, 2.75) is 38.0 Å². The zero-order valence-corrected chi connectivity index (χ0v) is 11.6. The average molecular weight is 262 g/mol. The highest BCUT2D eigenvalue weighted by molar-refractivity contribution is 5.61. The van der Waals surface area contributed by atoms with Gasteiger partial charge in [-0.3, -0.25) is 0 Å². The number of anilines is 1. The van der Waals surface area contributed by atoms with Gasteiger partial charge in [0.15, 0.2) is 0 Å². The lowest BCUT2D eigenvalue weighted by molar-refractivity contribution is 0.0304. The van der Waals surface area contributed by atoms with Crippen LogP contribution in [0.5, 0.6) is 5.75 Å². The second-order valence-electron chi connectivity index (χ2n) is 5.54. The Bertz CT molecular complexity index is 449. The molecule has 0 spiro atoms. The molecule has 2 heterocycles. The van der Waals surface area contributed by atoms with Gasteiger partial charge in [0.25, 0.3) is 0 Å².